The molecule has 1 aromatic rings. The highest BCUT2D eigenvalue weighted by atomic mass is 19.1. The van der Waals surface area contributed by atoms with Gasteiger partial charge in [-0.3, -0.25) is 0 Å². The number of hydrogen-bond donors (Lipinski definition) is 1. The predicted molar refractivity (Wildman–Crippen MR) is 77.9 cm³/mol. The van der Waals surface area contributed by atoms with Crippen molar-refractivity contribution in [2.24, 2.45) is 5.92 Å². The molecule has 0 amide bonds. The number of ether oxygens (including phenoxy) is 1. The van der Waals surface area contributed by atoms with Gasteiger partial charge in [-0.1, -0.05) is 26.0 Å². The zero-order valence-corrected chi connectivity index (χ0v) is 12.4. The molecule has 0 spiro atoms. The largest absolute Gasteiger partial charge is 0.382 e. The van der Waals surface area contributed by atoms with Gasteiger partial charge in [-0.2, -0.15) is 0 Å². The molecule has 0 saturated heterocycles. The van der Waals surface area contributed by atoms with Crippen molar-refractivity contribution in [3.05, 3.63) is 35.6 Å². The van der Waals surface area contributed by atoms with Gasteiger partial charge < -0.3 is 10.1 Å². The summed E-state index contributed by atoms with van der Waals surface area (Å²) in [6, 6.07) is 6.89. The van der Waals surface area contributed by atoms with Crippen molar-refractivity contribution >= 4 is 0 Å². The summed E-state index contributed by atoms with van der Waals surface area (Å²) in [6.45, 7) is 8.25. The number of hydrogen-bond acceptors (Lipinski definition) is 2. The number of rotatable bonds is 8. The average molecular weight is 267 g/mol. The lowest BCUT2D eigenvalue weighted by molar-refractivity contribution is 0.104. The summed E-state index contributed by atoms with van der Waals surface area (Å²) in [6.07, 6.45) is 1.07. The van der Waals surface area contributed by atoms with Crippen LogP contribution in [0.5, 0.6) is 0 Å². The van der Waals surface area contributed by atoms with E-state index >= 15 is 0 Å². The van der Waals surface area contributed by atoms with Crippen molar-refractivity contribution in [2.75, 3.05) is 20.2 Å². The van der Waals surface area contributed by atoms with Crippen LogP contribution < -0.4 is 5.32 Å². The minimum Gasteiger partial charge on any atom is -0.382 e. The van der Waals surface area contributed by atoms with E-state index in [1.165, 1.54) is 6.07 Å². The van der Waals surface area contributed by atoms with Crippen molar-refractivity contribution in [3.63, 3.8) is 0 Å². The normalized spacial score (nSPS) is 14.6. The molecule has 1 N–H and O–H groups in total. The van der Waals surface area contributed by atoms with E-state index in [1.54, 1.807) is 19.2 Å². The number of halogens is 1. The van der Waals surface area contributed by atoms with Crippen molar-refractivity contribution in [2.45, 2.75) is 39.2 Å². The van der Waals surface area contributed by atoms with E-state index in [0.29, 0.717) is 5.92 Å². The Kier molecular flexibility index (Phi) is 7.03. The smallest absolute Gasteiger partial charge is 0.123 e. The van der Waals surface area contributed by atoms with E-state index in [2.05, 4.69) is 26.1 Å². The minimum atomic E-state index is -0.170. The Morgan fingerprint density at radius 1 is 1.21 bits per heavy atom. The fraction of sp³-hybridized carbons (Fsp3) is 0.625. The molecule has 3 heteroatoms. The van der Waals surface area contributed by atoms with Crippen LogP contribution in [0.15, 0.2) is 24.3 Å². The summed E-state index contributed by atoms with van der Waals surface area (Å²) >= 11 is 0. The van der Waals surface area contributed by atoms with E-state index < -0.39 is 0 Å². The molecule has 2 nitrogen and oxygen atoms in total. The molecule has 0 aromatic heterocycles. The van der Waals surface area contributed by atoms with Gasteiger partial charge in [0.25, 0.3) is 0 Å². The maximum absolute atomic E-state index is 13.3. The van der Waals surface area contributed by atoms with Crippen LogP contribution in [-0.4, -0.2) is 26.3 Å². The molecule has 0 heterocycles. The molecular formula is C16H26FNO. The molecule has 2 unspecified atom stereocenters. The van der Waals surface area contributed by atoms with Gasteiger partial charge in [0.05, 0.1) is 6.10 Å². The lowest BCUT2D eigenvalue weighted by atomic mass is 9.93. The molecule has 19 heavy (non-hydrogen) atoms. The van der Waals surface area contributed by atoms with E-state index in [4.69, 9.17) is 4.74 Å². The van der Waals surface area contributed by atoms with E-state index in [1.807, 2.05) is 6.07 Å². The molecule has 0 radical (unpaired) electrons. The molecule has 0 aliphatic carbocycles. The zero-order valence-electron chi connectivity index (χ0n) is 12.4. The first-order valence-electron chi connectivity index (χ1n) is 7.02. The van der Waals surface area contributed by atoms with Crippen molar-refractivity contribution in [3.8, 4) is 0 Å². The van der Waals surface area contributed by atoms with Gasteiger partial charge in [0, 0.05) is 13.7 Å². The number of nitrogens with one attached hydrogen (secondary N) is 1. The standard InChI is InChI=1S/C16H26FNO/c1-12(2)10-18-11-15(8-13(3)19-4)14-6-5-7-16(17)9-14/h5-7,9,12-13,15,18H,8,10-11H2,1-4H3. The van der Waals surface area contributed by atoms with Gasteiger partial charge in [0.15, 0.2) is 0 Å². The summed E-state index contributed by atoms with van der Waals surface area (Å²) in [5.41, 5.74) is 1.04. The maximum atomic E-state index is 13.3. The first-order valence-corrected chi connectivity index (χ1v) is 7.02. The summed E-state index contributed by atoms with van der Waals surface area (Å²) < 4.78 is 18.7. The fourth-order valence-electron chi connectivity index (χ4n) is 2.14. The average Bonchev–Trinajstić information content (AvgIpc) is 2.37. The Bertz CT molecular complexity index is 368. The van der Waals surface area contributed by atoms with Crippen molar-refractivity contribution in [1.29, 1.82) is 0 Å². The van der Waals surface area contributed by atoms with Gasteiger partial charge in [-0.15, -0.1) is 0 Å². The first-order chi connectivity index (χ1) is 9.02. The Balaban J connectivity index is 2.68. The predicted octanol–water partition coefficient (Wildman–Crippen LogP) is 3.58. The van der Waals surface area contributed by atoms with E-state index in [0.717, 1.165) is 25.1 Å². The Morgan fingerprint density at radius 3 is 2.53 bits per heavy atom. The molecule has 108 valence electrons. The monoisotopic (exact) mass is 267 g/mol. The van der Waals surface area contributed by atoms with Gasteiger partial charge in [-0.25, -0.2) is 4.39 Å². The molecule has 1 aromatic carbocycles. The van der Waals surface area contributed by atoms with Crippen LogP contribution in [0, 0.1) is 11.7 Å². The van der Waals surface area contributed by atoms with Gasteiger partial charge in [0.1, 0.15) is 5.82 Å². The van der Waals surface area contributed by atoms with Gasteiger partial charge >= 0.3 is 0 Å². The summed E-state index contributed by atoms with van der Waals surface area (Å²) in [4.78, 5) is 0. The minimum absolute atomic E-state index is 0.170. The second kappa shape index (κ2) is 8.28. The van der Waals surface area contributed by atoms with Crippen LogP contribution in [0.25, 0.3) is 0 Å². The molecule has 0 aliphatic rings. The number of benzene rings is 1. The summed E-state index contributed by atoms with van der Waals surface area (Å²) in [5.74, 6) is 0.730. The van der Waals surface area contributed by atoms with Crippen LogP contribution in [0.3, 0.4) is 0 Å². The highest BCUT2D eigenvalue weighted by Crippen LogP contribution is 2.22. The second-order valence-corrected chi connectivity index (χ2v) is 5.59. The third kappa shape index (κ3) is 6.17. The van der Waals surface area contributed by atoms with Crippen molar-refractivity contribution in [1.82, 2.24) is 5.32 Å². The quantitative estimate of drug-likeness (QED) is 0.777. The fourth-order valence-corrected chi connectivity index (χ4v) is 2.14. The zero-order chi connectivity index (χ0) is 14.3. The van der Waals surface area contributed by atoms with E-state index in [-0.39, 0.29) is 17.8 Å². The lowest BCUT2D eigenvalue weighted by Gasteiger charge is -2.22. The van der Waals surface area contributed by atoms with Crippen LogP contribution >= 0.6 is 0 Å². The van der Waals surface area contributed by atoms with Crippen LogP contribution in [-0.2, 0) is 4.74 Å². The third-order valence-electron chi connectivity index (χ3n) is 3.28. The number of methoxy groups -OCH3 is 1. The Morgan fingerprint density at radius 2 is 1.95 bits per heavy atom. The third-order valence-corrected chi connectivity index (χ3v) is 3.28. The molecule has 0 saturated carbocycles. The molecule has 1 rings (SSSR count). The van der Waals surface area contributed by atoms with Gasteiger partial charge in [0.2, 0.25) is 0 Å². The lowest BCUT2D eigenvalue weighted by Crippen LogP contribution is -2.27. The summed E-state index contributed by atoms with van der Waals surface area (Å²) in [5, 5.41) is 3.45. The SMILES string of the molecule is COC(C)CC(CNCC(C)C)c1cccc(F)c1. The van der Waals surface area contributed by atoms with E-state index in [9.17, 15) is 4.39 Å². The van der Waals surface area contributed by atoms with Gasteiger partial charge in [-0.05, 0) is 49.4 Å². The molecule has 2 atom stereocenters. The Hall–Kier alpha value is -0.930. The molecule has 0 fully saturated rings. The Labute approximate surface area is 116 Å². The topological polar surface area (TPSA) is 21.3 Å². The van der Waals surface area contributed by atoms with Crippen LogP contribution in [0.2, 0.25) is 0 Å². The molecule has 0 bridgehead atoms. The second-order valence-electron chi connectivity index (χ2n) is 5.59. The summed E-state index contributed by atoms with van der Waals surface area (Å²) in [7, 11) is 1.72. The first kappa shape index (κ1) is 16.1. The molecular weight excluding hydrogens is 241 g/mol. The highest BCUT2D eigenvalue weighted by Gasteiger charge is 2.15. The van der Waals surface area contributed by atoms with Crippen LogP contribution in [0.4, 0.5) is 4.39 Å². The van der Waals surface area contributed by atoms with Crippen LogP contribution in [0.1, 0.15) is 38.7 Å². The highest BCUT2D eigenvalue weighted by molar-refractivity contribution is 5.21. The van der Waals surface area contributed by atoms with Crippen molar-refractivity contribution < 1.29 is 9.13 Å². The maximum Gasteiger partial charge on any atom is 0.123 e. The molecule has 0 aliphatic heterocycles.